The standard InChI is InChI=1S/C9H9BrClN/c10-7-2-1-6(5-8(7)11)9(12)3-4-9/h1-2,5H,3-4,12H2. The highest BCUT2D eigenvalue weighted by atomic mass is 79.9. The maximum absolute atomic E-state index is 6.01. The minimum absolute atomic E-state index is 0.0790. The van der Waals surface area contributed by atoms with Crippen molar-refractivity contribution in [1.82, 2.24) is 0 Å². The molecule has 0 unspecified atom stereocenters. The Hall–Kier alpha value is -0.0500. The van der Waals surface area contributed by atoms with Crippen molar-refractivity contribution in [1.29, 1.82) is 0 Å². The van der Waals surface area contributed by atoms with Gasteiger partial charge in [0.25, 0.3) is 0 Å². The molecule has 1 nitrogen and oxygen atoms in total. The number of hydrogen-bond acceptors (Lipinski definition) is 1. The van der Waals surface area contributed by atoms with E-state index in [1.807, 2.05) is 18.2 Å². The summed E-state index contributed by atoms with van der Waals surface area (Å²) in [5.41, 5.74) is 7.08. The lowest BCUT2D eigenvalue weighted by molar-refractivity contribution is 0.740. The fraction of sp³-hybridized carbons (Fsp3) is 0.333. The highest BCUT2D eigenvalue weighted by Gasteiger charge is 2.39. The first-order chi connectivity index (χ1) is 5.62. The second-order valence-electron chi connectivity index (χ2n) is 3.29. The van der Waals surface area contributed by atoms with E-state index in [9.17, 15) is 0 Å². The molecule has 0 heterocycles. The third-order valence-electron chi connectivity index (χ3n) is 2.28. The maximum atomic E-state index is 6.01. The molecular weight excluding hydrogens is 237 g/mol. The van der Waals surface area contributed by atoms with Crippen LogP contribution in [0.15, 0.2) is 22.7 Å². The van der Waals surface area contributed by atoms with E-state index < -0.39 is 0 Å². The Kier molecular flexibility index (Phi) is 1.94. The van der Waals surface area contributed by atoms with Crippen molar-refractivity contribution in [3.63, 3.8) is 0 Å². The molecule has 2 rings (SSSR count). The molecule has 12 heavy (non-hydrogen) atoms. The van der Waals surface area contributed by atoms with Crippen molar-refractivity contribution in [2.75, 3.05) is 0 Å². The highest BCUT2D eigenvalue weighted by Crippen LogP contribution is 2.43. The molecule has 1 fully saturated rings. The van der Waals surface area contributed by atoms with Crippen LogP contribution in [0.2, 0.25) is 5.02 Å². The Bertz CT molecular complexity index is 320. The molecule has 1 saturated carbocycles. The topological polar surface area (TPSA) is 26.0 Å². The van der Waals surface area contributed by atoms with Crippen LogP contribution in [0.3, 0.4) is 0 Å². The van der Waals surface area contributed by atoms with Gasteiger partial charge in [-0.3, -0.25) is 0 Å². The van der Waals surface area contributed by atoms with Crippen LogP contribution in [0.4, 0.5) is 0 Å². The van der Waals surface area contributed by atoms with Gasteiger partial charge in [0.2, 0.25) is 0 Å². The molecular formula is C9H9BrClN. The van der Waals surface area contributed by atoms with Gasteiger partial charge in [-0.15, -0.1) is 0 Å². The molecule has 1 aliphatic carbocycles. The lowest BCUT2D eigenvalue weighted by atomic mass is 10.1. The van der Waals surface area contributed by atoms with Crippen molar-refractivity contribution in [2.45, 2.75) is 18.4 Å². The fourth-order valence-corrected chi connectivity index (χ4v) is 1.66. The van der Waals surface area contributed by atoms with Gasteiger partial charge in [-0.2, -0.15) is 0 Å². The maximum Gasteiger partial charge on any atom is 0.0551 e. The van der Waals surface area contributed by atoms with Crippen molar-refractivity contribution in [2.24, 2.45) is 5.73 Å². The summed E-state index contributed by atoms with van der Waals surface area (Å²) in [5, 5.41) is 0.740. The van der Waals surface area contributed by atoms with Gasteiger partial charge < -0.3 is 5.73 Å². The highest BCUT2D eigenvalue weighted by molar-refractivity contribution is 9.10. The SMILES string of the molecule is NC1(c2ccc(Br)c(Cl)c2)CC1. The number of rotatable bonds is 1. The Morgan fingerprint density at radius 2 is 2.08 bits per heavy atom. The average molecular weight is 247 g/mol. The first-order valence-electron chi connectivity index (χ1n) is 3.86. The zero-order valence-corrected chi connectivity index (χ0v) is 8.82. The number of benzene rings is 1. The Morgan fingerprint density at radius 3 is 2.58 bits per heavy atom. The Balaban J connectivity index is 2.41. The van der Waals surface area contributed by atoms with Gasteiger partial charge in [0.05, 0.1) is 5.02 Å². The Morgan fingerprint density at radius 1 is 1.42 bits per heavy atom. The van der Waals surface area contributed by atoms with E-state index in [4.69, 9.17) is 17.3 Å². The summed E-state index contributed by atoms with van der Waals surface area (Å²) >= 11 is 9.29. The predicted molar refractivity (Wildman–Crippen MR) is 54.3 cm³/mol. The zero-order valence-electron chi connectivity index (χ0n) is 6.48. The first-order valence-corrected chi connectivity index (χ1v) is 5.03. The summed E-state index contributed by atoms with van der Waals surface area (Å²) in [4.78, 5) is 0. The smallest absolute Gasteiger partial charge is 0.0551 e. The quantitative estimate of drug-likeness (QED) is 0.810. The lowest BCUT2D eigenvalue weighted by Crippen LogP contribution is -2.18. The molecule has 0 spiro atoms. The van der Waals surface area contributed by atoms with Crippen LogP contribution in [0.1, 0.15) is 18.4 Å². The van der Waals surface area contributed by atoms with Crippen LogP contribution in [-0.4, -0.2) is 0 Å². The molecule has 0 amide bonds. The van der Waals surface area contributed by atoms with E-state index in [1.165, 1.54) is 0 Å². The molecule has 0 aliphatic heterocycles. The van der Waals surface area contributed by atoms with Crippen molar-refractivity contribution in [3.05, 3.63) is 33.3 Å². The third-order valence-corrected chi connectivity index (χ3v) is 3.52. The van der Waals surface area contributed by atoms with Crippen LogP contribution in [-0.2, 0) is 5.54 Å². The van der Waals surface area contributed by atoms with Crippen molar-refractivity contribution in [3.8, 4) is 0 Å². The van der Waals surface area contributed by atoms with Gasteiger partial charge in [0.1, 0.15) is 0 Å². The molecule has 0 saturated heterocycles. The predicted octanol–water partition coefficient (Wildman–Crippen LogP) is 3.05. The molecule has 64 valence electrons. The summed E-state index contributed by atoms with van der Waals surface area (Å²) in [6.07, 6.45) is 2.15. The summed E-state index contributed by atoms with van der Waals surface area (Å²) < 4.78 is 0.928. The molecule has 0 bridgehead atoms. The molecule has 1 aromatic rings. The van der Waals surface area contributed by atoms with E-state index in [1.54, 1.807) is 0 Å². The number of nitrogens with two attached hydrogens (primary N) is 1. The van der Waals surface area contributed by atoms with Crippen LogP contribution >= 0.6 is 27.5 Å². The Labute approximate surface area is 85.0 Å². The fourth-order valence-electron chi connectivity index (χ4n) is 1.23. The van der Waals surface area contributed by atoms with Crippen LogP contribution in [0.25, 0.3) is 0 Å². The molecule has 3 heteroatoms. The number of hydrogen-bond donors (Lipinski definition) is 1. The molecule has 0 radical (unpaired) electrons. The van der Waals surface area contributed by atoms with E-state index >= 15 is 0 Å². The summed E-state index contributed by atoms with van der Waals surface area (Å²) in [5.74, 6) is 0. The van der Waals surface area contributed by atoms with Crippen molar-refractivity contribution < 1.29 is 0 Å². The van der Waals surface area contributed by atoms with Gasteiger partial charge in [0.15, 0.2) is 0 Å². The largest absolute Gasteiger partial charge is 0.321 e. The summed E-state index contributed by atoms with van der Waals surface area (Å²) in [7, 11) is 0. The van der Waals surface area contributed by atoms with Gasteiger partial charge in [-0.1, -0.05) is 17.7 Å². The van der Waals surface area contributed by atoms with Gasteiger partial charge in [-0.25, -0.2) is 0 Å². The van der Waals surface area contributed by atoms with E-state index in [-0.39, 0.29) is 5.54 Å². The minimum Gasteiger partial charge on any atom is -0.321 e. The van der Waals surface area contributed by atoms with E-state index in [0.717, 1.165) is 27.9 Å². The second-order valence-corrected chi connectivity index (χ2v) is 4.55. The number of halogens is 2. The molecule has 0 atom stereocenters. The molecule has 1 aliphatic rings. The molecule has 1 aromatic carbocycles. The van der Waals surface area contributed by atoms with Crippen LogP contribution in [0.5, 0.6) is 0 Å². The zero-order chi connectivity index (χ0) is 8.77. The first kappa shape index (κ1) is 8.54. The molecule has 2 N–H and O–H groups in total. The summed E-state index contributed by atoms with van der Waals surface area (Å²) in [6.45, 7) is 0. The van der Waals surface area contributed by atoms with Crippen LogP contribution < -0.4 is 5.73 Å². The van der Waals surface area contributed by atoms with Gasteiger partial charge in [-0.05, 0) is 46.5 Å². The second kappa shape index (κ2) is 2.72. The average Bonchev–Trinajstić information content (AvgIpc) is 2.75. The normalized spacial score (nSPS) is 19.2. The van der Waals surface area contributed by atoms with Gasteiger partial charge in [0, 0.05) is 10.0 Å². The minimum atomic E-state index is -0.0790. The van der Waals surface area contributed by atoms with E-state index in [0.29, 0.717) is 0 Å². The molecule has 0 aromatic heterocycles. The van der Waals surface area contributed by atoms with Crippen LogP contribution in [0, 0.1) is 0 Å². The summed E-state index contributed by atoms with van der Waals surface area (Å²) in [6, 6.07) is 5.92. The van der Waals surface area contributed by atoms with Crippen molar-refractivity contribution >= 4 is 27.5 Å². The van der Waals surface area contributed by atoms with Gasteiger partial charge >= 0.3 is 0 Å². The monoisotopic (exact) mass is 245 g/mol. The lowest BCUT2D eigenvalue weighted by Gasteiger charge is -2.09. The van der Waals surface area contributed by atoms with E-state index in [2.05, 4.69) is 15.9 Å². The third kappa shape index (κ3) is 1.39.